The number of rotatable bonds is 3. The van der Waals surface area contributed by atoms with Crippen LogP contribution in [0.3, 0.4) is 0 Å². The first-order chi connectivity index (χ1) is 7.08. The topological polar surface area (TPSA) is 61.5 Å². The number of nitrogens with two attached hydrogens (primary N) is 1. The van der Waals surface area contributed by atoms with Crippen LogP contribution in [0.25, 0.3) is 0 Å². The van der Waals surface area contributed by atoms with E-state index in [1.807, 2.05) is 13.8 Å². The quantitative estimate of drug-likeness (QED) is 0.732. The summed E-state index contributed by atoms with van der Waals surface area (Å²) in [4.78, 5) is 11.2. The molecule has 1 rings (SSSR count). The highest BCUT2D eigenvalue weighted by Gasteiger charge is 2.23. The molecule has 0 heterocycles. The van der Waals surface area contributed by atoms with Crippen molar-refractivity contribution in [3.63, 3.8) is 0 Å². The molecule has 0 bridgehead atoms. The largest absolute Gasteiger partial charge is 0.508 e. The van der Waals surface area contributed by atoms with E-state index in [1.54, 1.807) is 0 Å². The normalized spacial score (nSPS) is 26.4. The summed E-state index contributed by atoms with van der Waals surface area (Å²) in [6, 6.07) is 0.168. The molecule has 1 fully saturated rings. The zero-order valence-electron chi connectivity index (χ0n) is 9.57. The van der Waals surface area contributed by atoms with Crippen LogP contribution in [0.5, 0.6) is 0 Å². The Hall–Kier alpha value is -0.770. The van der Waals surface area contributed by atoms with Crippen molar-refractivity contribution in [2.45, 2.75) is 51.7 Å². The third-order valence-corrected chi connectivity index (χ3v) is 2.46. The second-order valence-electron chi connectivity index (χ2n) is 4.62. The molecular formula is C11H21NO3. The smallest absolute Gasteiger partial charge is 0.434 e. The average Bonchev–Trinajstić information content (AvgIpc) is 2.15. The summed E-state index contributed by atoms with van der Waals surface area (Å²) in [7, 11) is 0. The van der Waals surface area contributed by atoms with Crippen LogP contribution in [0.4, 0.5) is 4.79 Å². The highest BCUT2D eigenvalue weighted by Crippen LogP contribution is 2.20. The van der Waals surface area contributed by atoms with Gasteiger partial charge in [-0.2, -0.15) is 0 Å². The summed E-state index contributed by atoms with van der Waals surface area (Å²) in [6.45, 7) is 4.39. The molecule has 15 heavy (non-hydrogen) atoms. The Morgan fingerprint density at radius 1 is 1.47 bits per heavy atom. The molecule has 2 unspecified atom stereocenters. The lowest BCUT2D eigenvalue weighted by Gasteiger charge is -2.26. The van der Waals surface area contributed by atoms with Crippen LogP contribution in [-0.2, 0) is 9.47 Å². The minimum Gasteiger partial charge on any atom is -0.434 e. The SMILES string of the molecule is CC(C)COC(=O)OC1CCCC(N)C1. The summed E-state index contributed by atoms with van der Waals surface area (Å²) in [5.41, 5.74) is 5.79. The highest BCUT2D eigenvalue weighted by molar-refractivity contribution is 5.60. The van der Waals surface area contributed by atoms with Gasteiger partial charge in [-0.15, -0.1) is 0 Å². The van der Waals surface area contributed by atoms with Gasteiger partial charge in [0.05, 0.1) is 6.61 Å². The van der Waals surface area contributed by atoms with Crippen molar-refractivity contribution in [2.75, 3.05) is 6.61 Å². The molecule has 0 amide bonds. The summed E-state index contributed by atoms with van der Waals surface area (Å²) in [6.07, 6.45) is 3.13. The predicted molar refractivity (Wildman–Crippen MR) is 57.5 cm³/mol. The maximum absolute atomic E-state index is 11.2. The van der Waals surface area contributed by atoms with Gasteiger partial charge in [0, 0.05) is 6.04 Å². The summed E-state index contributed by atoms with van der Waals surface area (Å²) >= 11 is 0. The molecule has 0 aromatic rings. The van der Waals surface area contributed by atoms with Crippen molar-refractivity contribution in [1.29, 1.82) is 0 Å². The van der Waals surface area contributed by atoms with Crippen molar-refractivity contribution in [1.82, 2.24) is 0 Å². The molecule has 0 saturated heterocycles. The van der Waals surface area contributed by atoms with Gasteiger partial charge in [-0.3, -0.25) is 0 Å². The van der Waals surface area contributed by atoms with Gasteiger partial charge in [-0.05, 0) is 31.6 Å². The van der Waals surface area contributed by atoms with E-state index in [1.165, 1.54) is 0 Å². The Kier molecular flexibility index (Phi) is 4.88. The van der Waals surface area contributed by atoms with Gasteiger partial charge in [-0.1, -0.05) is 13.8 Å². The minimum atomic E-state index is -0.553. The van der Waals surface area contributed by atoms with Crippen LogP contribution >= 0.6 is 0 Å². The Balaban J connectivity index is 2.19. The number of hydrogen-bond acceptors (Lipinski definition) is 4. The van der Waals surface area contributed by atoms with Gasteiger partial charge >= 0.3 is 6.16 Å². The molecule has 2 atom stereocenters. The summed E-state index contributed by atoms with van der Waals surface area (Å²) in [5.74, 6) is 0.339. The highest BCUT2D eigenvalue weighted by atomic mass is 16.7. The van der Waals surface area contributed by atoms with Gasteiger partial charge in [0.25, 0.3) is 0 Å². The van der Waals surface area contributed by atoms with Crippen LogP contribution in [0.1, 0.15) is 39.5 Å². The van der Waals surface area contributed by atoms with E-state index in [4.69, 9.17) is 15.2 Å². The van der Waals surface area contributed by atoms with Crippen LogP contribution in [-0.4, -0.2) is 24.9 Å². The van der Waals surface area contributed by atoms with Crippen LogP contribution in [0.2, 0.25) is 0 Å². The fourth-order valence-electron chi connectivity index (χ4n) is 1.69. The minimum absolute atomic E-state index is 0.0478. The Morgan fingerprint density at radius 3 is 2.80 bits per heavy atom. The van der Waals surface area contributed by atoms with E-state index >= 15 is 0 Å². The second-order valence-corrected chi connectivity index (χ2v) is 4.62. The van der Waals surface area contributed by atoms with Crippen LogP contribution in [0.15, 0.2) is 0 Å². The lowest BCUT2D eigenvalue weighted by atomic mass is 9.94. The fraction of sp³-hybridized carbons (Fsp3) is 0.909. The van der Waals surface area contributed by atoms with Crippen molar-refractivity contribution in [3.05, 3.63) is 0 Å². The van der Waals surface area contributed by atoms with Crippen molar-refractivity contribution >= 4 is 6.16 Å². The van der Waals surface area contributed by atoms with Gasteiger partial charge < -0.3 is 15.2 Å². The number of carbonyl (C=O) groups is 1. The Labute approximate surface area is 91.1 Å². The van der Waals surface area contributed by atoms with E-state index in [0.29, 0.717) is 12.5 Å². The number of ether oxygens (including phenoxy) is 2. The number of hydrogen-bond donors (Lipinski definition) is 1. The molecule has 1 saturated carbocycles. The molecule has 2 N–H and O–H groups in total. The van der Waals surface area contributed by atoms with E-state index in [-0.39, 0.29) is 12.1 Å². The summed E-state index contributed by atoms with van der Waals surface area (Å²) in [5, 5.41) is 0. The first kappa shape index (κ1) is 12.3. The fourth-order valence-corrected chi connectivity index (χ4v) is 1.69. The Morgan fingerprint density at radius 2 is 2.20 bits per heavy atom. The predicted octanol–water partition coefficient (Wildman–Crippen LogP) is 2.07. The Bertz CT molecular complexity index is 206. The monoisotopic (exact) mass is 215 g/mol. The molecule has 1 aliphatic carbocycles. The molecule has 88 valence electrons. The second kappa shape index (κ2) is 5.95. The van der Waals surface area contributed by atoms with E-state index < -0.39 is 6.16 Å². The average molecular weight is 215 g/mol. The third-order valence-electron chi connectivity index (χ3n) is 2.46. The maximum Gasteiger partial charge on any atom is 0.508 e. The van der Waals surface area contributed by atoms with E-state index in [2.05, 4.69) is 0 Å². The molecule has 0 radical (unpaired) electrons. The first-order valence-corrected chi connectivity index (χ1v) is 5.67. The van der Waals surface area contributed by atoms with E-state index in [9.17, 15) is 4.79 Å². The van der Waals surface area contributed by atoms with E-state index in [0.717, 1.165) is 25.7 Å². The lowest BCUT2D eigenvalue weighted by Crippen LogP contribution is -2.33. The standard InChI is InChI=1S/C11H21NO3/c1-8(2)7-14-11(13)15-10-5-3-4-9(12)6-10/h8-10H,3-7,12H2,1-2H3. The van der Waals surface area contributed by atoms with Gasteiger partial charge in [0.2, 0.25) is 0 Å². The molecule has 4 nitrogen and oxygen atoms in total. The number of carbonyl (C=O) groups excluding carboxylic acids is 1. The zero-order chi connectivity index (χ0) is 11.3. The molecule has 0 aromatic heterocycles. The molecule has 0 aromatic carbocycles. The lowest BCUT2D eigenvalue weighted by molar-refractivity contribution is 0.00401. The maximum atomic E-state index is 11.2. The molecule has 0 aliphatic heterocycles. The first-order valence-electron chi connectivity index (χ1n) is 5.67. The van der Waals surface area contributed by atoms with Crippen molar-refractivity contribution in [2.24, 2.45) is 11.7 Å². The summed E-state index contributed by atoms with van der Waals surface area (Å²) < 4.78 is 10.1. The van der Waals surface area contributed by atoms with Crippen molar-refractivity contribution in [3.8, 4) is 0 Å². The molecule has 1 aliphatic rings. The van der Waals surface area contributed by atoms with Gasteiger partial charge in [-0.25, -0.2) is 4.79 Å². The molecule has 0 spiro atoms. The molecule has 4 heteroatoms. The van der Waals surface area contributed by atoms with Crippen LogP contribution < -0.4 is 5.73 Å². The van der Waals surface area contributed by atoms with Gasteiger partial charge in [0.1, 0.15) is 6.10 Å². The molecular weight excluding hydrogens is 194 g/mol. The van der Waals surface area contributed by atoms with Crippen molar-refractivity contribution < 1.29 is 14.3 Å². The van der Waals surface area contributed by atoms with Gasteiger partial charge in [0.15, 0.2) is 0 Å². The zero-order valence-corrected chi connectivity index (χ0v) is 9.57. The third kappa shape index (κ3) is 5.02. The van der Waals surface area contributed by atoms with Crippen LogP contribution in [0, 0.1) is 5.92 Å².